The second-order valence-electron chi connectivity index (χ2n) is 4.45. The van der Waals surface area contributed by atoms with E-state index in [1.807, 2.05) is 24.3 Å². The number of hydrogen-bond acceptors (Lipinski definition) is 4. The first-order chi connectivity index (χ1) is 10.2. The molecule has 3 aromatic rings. The fourth-order valence-electron chi connectivity index (χ4n) is 2.12. The van der Waals surface area contributed by atoms with Gasteiger partial charge in [-0.15, -0.1) is 0 Å². The maximum Gasteiger partial charge on any atom is 0.325 e. The molecule has 0 radical (unpaired) electrons. The van der Waals surface area contributed by atoms with Gasteiger partial charge in [0.1, 0.15) is 17.9 Å². The number of fused-ring (bicyclic) bond motifs is 1. The fourth-order valence-corrected chi connectivity index (χ4v) is 2.25. The highest BCUT2D eigenvalue weighted by Crippen LogP contribution is 2.24. The van der Waals surface area contributed by atoms with Crippen LogP contribution < -0.4 is 0 Å². The van der Waals surface area contributed by atoms with Crippen LogP contribution in [0.15, 0.2) is 42.6 Å². The number of nitrogens with zero attached hydrogens (tertiary/aromatic N) is 3. The normalized spacial score (nSPS) is 10.8. The van der Waals surface area contributed by atoms with E-state index in [1.54, 1.807) is 22.9 Å². The van der Waals surface area contributed by atoms with Crippen LogP contribution in [0.3, 0.4) is 0 Å². The number of methoxy groups -OCH3 is 1. The molecule has 2 heterocycles. The van der Waals surface area contributed by atoms with Crippen LogP contribution in [0.25, 0.3) is 22.6 Å². The number of carbonyl (C=O) groups excluding carboxylic acids is 1. The molecule has 0 bridgehead atoms. The first kappa shape index (κ1) is 13.6. The van der Waals surface area contributed by atoms with Crippen molar-refractivity contribution in [1.29, 1.82) is 0 Å². The third kappa shape index (κ3) is 2.60. The Balaban J connectivity index is 2.18. The summed E-state index contributed by atoms with van der Waals surface area (Å²) in [5.74, 6) is 0.306. The molecule has 1 aromatic carbocycles. The van der Waals surface area contributed by atoms with E-state index in [1.165, 1.54) is 7.11 Å². The first-order valence-corrected chi connectivity index (χ1v) is 6.71. The molecule has 0 N–H and O–H groups in total. The second kappa shape index (κ2) is 5.54. The highest BCUT2D eigenvalue weighted by atomic mass is 35.5. The number of rotatable bonds is 3. The number of esters is 1. The van der Waals surface area contributed by atoms with Gasteiger partial charge in [-0.1, -0.05) is 11.6 Å². The van der Waals surface area contributed by atoms with E-state index in [9.17, 15) is 4.79 Å². The van der Waals surface area contributed by atoms with Crippen LogP contribution in [0.4, 0.5) is 0 Å². The molecule has 21 heavy (non-hydrogen) atoms. The van der Waals surface area contributed by atoms with E-state index in [0.29, 0.717) is 16.5 Å². The summed E-state index contributed by atoms with van der Waals surface area (Å²) in [5.41, 5.74) is 2.24. The zero-order valence-corrected chi connectivity index (χ0v) is 12.0. The monoisotopic (exact) mass is 301 g/mol. The summed E-state index contributed by atoms with van der Waals surface area (Å²) >= 11 is 5.91. The van der Waals surface area contributed by atoms with Crippen LogP contribution in [-0.2, 0) is 16.1 Å². The molecular formula is C15H12ClN3O2. The predicted octanol–water partition coefficient (Wildman–Crippen LogP) is 2.92. The predicted molar refractivity (Wildman–Crippen MR) is 80.0 cm³/mol. The molecule has 5 nitrogen and oxygen atoms in total. The van der Waals surface area contributed by atoms with Gasteiger partial charge in [-0.25, -0.2) is 9.97 Å². The van der Waals surface area contributed by atoms with Crippen LogP contribution >= 0.6 is 11.6 Å². The molecule has 2 aromatic heterocycles. The Morgan fingerprint density at radius 1 is 1.29 bits per heavy atom. The number of pyridine rings is 1. The van der Waals surface area contributed by atoms with Gasteiger partial charge in [0.15, 0.2) is 5.65 Å². The summed E-state index contributed by atoms with van der Waals surface area (Å²) in [7, 11) is 1.36. The number of aromatic nitrogens is 3. The third-order valence-electron chi connectivity index (χ3n) is 3.12. The molecule has 3 rings (SSSR count). The van der Waals surface area contributed by atoms with Crippen molar-refractivity contribution in [1.82, 2.24) is 14.5 Å². The summed E-state index contributed by atoms with van der Waals surface area (Å²) < 4.78 is 6.49. The Hall–Kier alpha value is -2.40. The fraction of sp³-hybridized carbons (Fsp3) is 0.133. The molecule has 0 amide bonds. The number of imidazole rings is 1. The third-order valence-corrected chi connectivity index (χ3v) is 3.37. The Kier molecular flexibility index (Phi) is 3.58. The van der Waals surface area contributed by atoms with E-state index in [0.717, 1.165) is 11.1 Å². The van der Waals surface area contributed by atoms with Crippen molar-refractivity contribution in [3.63, 3.8) is 0 Å². The maximum absolute atomic E-state index is 11.6. The Morgan fingerprint density at radius 2 is 2.05 bits per heavy atom. The molecule has 0 aliphatic heterocycles. The summed E-state index contributed by atoms with van der Waals surface area (Å²) in [6, 6.07) is 11.0. The van der Waals surface area contributed by atoms with Gasteiger partial charge in [0.05, 0.1) is 7.11 Å². The average Bonchev–Trinajstić information content (AvgIpc) is 2.87. The lowest BCUT2D eigenvalue weighted by molar-refractivity contribution is -0.141. The average molecular weight is 302 g/mol. The highest BCUT2D eigenvalue weighted by Gasteiger charge is 2.16. The van der Waals surface area contributed by atoms with Gasteiger partial charge in [0.2, 0.25) is 0 Å². The van der Waals surface area contributed by atoms with E-state index in [2.05, 4.69) is 9.97 Å². The zero-order chi connectivity index (χ0) is 14.8. The van der Waals surface area contributed by atoms with Crippen molar-refractivity contribution in [3.05, 3.63) is 47.6 Å². The summed E-state index contributed by atoms with van der Waals surface area (Å²) in [6.07, 6.45) is 1.67. The minimum atomic E-state index is -0.352. The minimum absolute atomic E-state index is 0.0575. The van der Waals surface area contributed by atoms with E-state index < -0.39 is 0 Å². The smallest absolute Gasteiger partial charge is 0.325 e. The second-order valence-corrected chi connectivity index (χ2v) is 4.89. The Labute approximate surface area is 126 Å². The van der Waals surface area contributed by atoms with E-state index >= 15 is 0 Å². The summed E-state index contributed by atoms with van der Waals surface area (Å²) in [6.45, 7) is 0.0575. The summed E-state index contributed by atoms with van der Waals surface area (Å²) in [5, 5.41) is 0.646. The molecule has 0 unspecified atom stereocenters. The van der Waals surface area contributed by atoms with Crippen LogP contribution in [0.1, 0.15) is 0 Å². The SMILES string of the molecule is COC(=O)Cn1c(-c2ccc(Cl)cc2)nc2cccnc21. The van der Waals surface area contributed by atoms with Crippen LogP contribution in [0, 0.1) is 0 Å². The lowest BCUT2D eigenvalue weighted by Gasteiger charge is -2.07. The van der Waals surface area contributed by atoms with E-state index in [-0.39, 0.29) is 12.5 Å². The van der Waals surface area contributed by atoms with Gasteiger partial charge >= 0.3 is 5.97 Å². The van der Waals surface area contributed by atoms with Crippen LogP contribution in [0.2, 0.25) is 5.02 Å². The first-order valence-electron chi connectivity index (χ1n) is 6.33. The summed E-state index contributed by atoms with van der Waals surface area (Å²) in [4.78, 5) is 20.5. The molecular weight excluding hydrogens is 290 g/mol. The van der Waals surface area contributed by atoms with Crippen molar-refractivity contribution < 1.29 is 9.53 Å². The van der Waals surface area contributed by atoms with Crippen molar-refractivity contribution in [2.75, 3.05) is 7.11 Å². The lowest BCUT2D eigenvalue weighted by Crippen LogP contribution is -2.13. The van der Waals surface area contributed by atoms with Gasteiger partial charge in [0.25, 0.3) is 0 Å². The number of benzene rings is 1. The molecule has 0 saturated carbocycles. The molecule has 6 heteroatoms. The van der Waals surface area contributed by atoms with Crippen molar-refractivity contribution in [2.45, 2.75) is 6.54 Å². The molecule has 106 valence electrons. The van der Waals surface area contributed by atoms with Gasteiger partial charge < -0.3 is 4.74 Å². The standard InChI is InChI=1S/C15H12ClN3O2/c1-21-13(20)9-19-14(10-4-6-11(16)7-5-10)18-12-3-2-8-17-15(12)19/h2-8H,9H2,1H3. The highest BCUT2D eigenvalue weighted by molar-refractivity contribution is 6.30. The molecule has 0 atom stereocenters. The molecule has 0 fully saturated rings. The lowest BCUT2D eigenvalue weighted by atomic mass is 10.2. The topological polar surface area (TPSA) is 57.0 Å². The number of hydrogen-bond donors (Lipinski definition) is 0. The number of halogens is 1. The largest absolute Gasteiger partial charge is 0.468 e. The molecule has 0 saturated heterocycles. The van der Waals surface area contributed by atoms with Gasteiger partial charge in [-0.05, 0) is 36.4 Å². The van der Waals surface area contributed by atoms with Gasteiger partial charge in [-0.3, -0.25) is 9.36 Å². The minimum Gasteiger partial charge on any atom is -0.468 e. The zero-order valence-electron chi connectivity index (χ0n) is 11.3. The Bertz CT molecular complexity index is 796. The quantitative estimate of drug-likeness (QED) is 0.698. The molecule has 0 aliphatic carbocycles. The molecule has 0 spiro atoms. The van der Waals surface area contributed by atoms with E-state index in [4.69, 9.17) is 16.3 Å². The maximum atomic E-state index is 11.6. The van der Waals surface area contributed by atoms with Crippen molar-refractivity contribution in [2.24, 2.45) is 0 Å². The van der Waals surface area contributed by atoms with Crippen LogP contribution in [-0.4, -0.2) is 27.6 Å². The number of carbonyl (C=O) groups is 1. The van der Waals surface area contributed by atoms with Gasteiger partial charge in [0, 0.05) is 16.8 Å². The van der Waals surface area contributed by atoms with Crippen molar-refractivity contribution >= 4 is 28.7 Å². The molecule has 0 aliphatic rings. The Morgan fingerprint density at radius 3 is 2.76 bits per heavy atom. The number of ether oxygens (including phenoxy) is 1. The van der Waals surface area contributed by atoms with Crippen molar-refractivity contribution in [3.8, 4) is 11.4 Å². The van der Waals surface area contributed by atoms with Gasteiger partial charge in [-0.2, -0.15) is 0 Å². The van der Waals surface area contributed by atoms with Crippen LogP contribution in [0.5, 0.6) is 0 Å².